The molecule has 0 unspecified atom stereocenters. The van der Waals surface area contributed by atoms with Gasteiger partial charge in [-0.1, -0.05) is 42.5 Å². The molecule has 1 saturated carbocycles. The number of likely N-dealkylation sites (tertiary alicyclic amines) is 1. The Morgan fingerprint density at radius 1 is 1.09 bits per heavy atom. The lowest BCUT2D eigenvalue weighted by molar-refractivity contribution is -0.147. The van der Waals surface area contributed by atoms with E-state index in [1.54, 1.807) is 0 Å². The Balaban J connectivity index is 1.61. The highest BCUT2D eigenvalue weighted by Gasteiger charge is 2.50. The largest absolute Gasteiger partial charge is 0.469 e. The van der Waals surface area contributed by atoms with Crippen molar-refractivity contribution in [3.05, 3.63) is 48.0 Å². The van der Waals surface area contributed by atoms with Crippen molar-refractivity contribution in [1.29, 1.82) is 0 Å². The lowest BCUT2D eigenvalue weighted by Crippen LogP contribution is -2.43. The zero-order valence-corrected chi connectivity index (χ0v) is 13.6. The number of benzene rings is 2. The molecule has 1 aliphatic carbocycles. The van der Waals surface area contributed by atoms with Gasteiger partial charge >= 0.3 is 5.97 Å². The van der Waals surface area contributed by atoms with E-state index in [0.717, 1.165) is 25.9 Å². The van der Waals surface area contributed by atoms with Crippen molar-refractivity contribution in [3.8, 4) is 0 Å². The molecule has 3 heteroatoms. The molecule has 120 valence electrons. The Labute approximate surface area is 137 Å². The summed E-state index contributed by atoms with van der Waals surface area (Å²) in [6.07, 6.45) is 4.28. The van der Waals surface area contributed by atoms with Gasteiger partial charge in [0, 0.05) is 5.54 Å². The number of esters is 1. The summed E-state index contributed by atoms with van der Waals surface area (Å²) in [4.78, 5) is 14.3. The minimum atomic E-state index is -0.0420. The number of carbonyl (C=O) groups is 1. The van der Waals surface area contributed by atoms with Crippen LogP contribution in [-0.2, 0) is 15.1 Å². The first-order chi connectivity index (χ1) is 11.2. The summed E-state index contributed by atoms with van der Waals surface area (Å²) in [5.41, 5.74) is 1.66. The first-order valence-electron chi connectivity index (χ1n) is 8.56. The van der Waals surface area contributed by atoms with Crippen LogP contribution in [0.3, 0.4) is 0 Å². The second-order valence-electron chi connectivity index (χ2n) is 6.84. The average Bonchev–Trinajstić information content (AvgIpc) is 3.42. The lowest BCUT2D eigenvalue weighted by atomic mass is 9.91. The van der Waals surface area contributed by atoms with Crippen molar-refractivity contribution in [1.82, 2.24) is 4.90 Å². The highest BCUT2D eigenvalue weighted by Crippen LogP contribution is 2.53. The molecule has 1 saturated heterocycles. The molecular weight excluding hydrogens is 286 g/mol. The fourth-order valence-electron chi connectivity index (χ4n) is 4.22. The fourth-order valence-corrected chi connectivity index (χ4v) is 4.22. The molecule has 0 bridgehead atoms. The summed E-state index contributed by atoms with van der Waals surface area (Å²) >= 11 is 0. The van der Waals surface area contributed by atoms with Crippen molar-refractivity contribution in [2.45, 2.75) is 31.2 Å². The summed E-state index contributed by atoms with van der Waals surface area (Å²) in [5.74, 6) is 0.0409. The number of nitrogens with zero attached hydrogens (tertiary/aromatic N) is 1. The van der Waals surface area contributed by atoms with Gasteiger partial charge in [-0.15, -0.1) is 0 Å². The molecule has 1 heterocycles. The predicted octanol–water partition coefficient (Wildman–Crippen LogP) is 3.71. The Hall–Kier alpha value is -1.87. The topological polar surface area (TPSA) is 29.5 Å². The molecule has 0 N–H and O–H groups in total. The van der Waals surface area contributed by atoms with E-state index in [0.29, 0.717) is 0 Å². The van der Waals surface area contributed by atoms with Crippen LogP contribution in [0, 0.1) is 5.92 Å². The number of ether oxygens (including phenoxy) is 1. The molecule has 0 radical (unpaired) electrons. The van der Waals surface area contributed by atoms with Crippen molar-refractivity contribution >= 4 is 16.7 Å². The summed E-state index contributed by atoms with van der Waals surface area (Å²) in [5, 5.41) is 2.70. The van der Waals surface area contributed by atoms with Crippen LogP contribution in [-0.4, -0.2) is 31.1 Å². The van der Waals surface area contributed by atoms with Crippen molar-refractivity contribution in [2.75, 3.05) is 20.2 Å². The molecule has 23 heavy (non-hydrogen) atoms. The molecule has 4 rings (SSSR count). The Morgan fingerprint density at radius 3 is 2.48 bits per heavy atom. The third-order valence-electron chi connectivity index (χ3n) is 5.65. The second kappa shape index (κ2) is 5.64. The maximum Gasteiger partial charge on any atom is 0.308 e. The van der Waals surface area contributed by atoms with Gasteiger partial charge in [0.2, 0.25) is 0 Å². The fraction of sp³-hybridized carbons (Fsp3) is 0.450. The number of hydrogen-bond donors (Lipinski definition) is 0. The van der Waals surface area contributed by atoms with Crippen LogP contribution in [0.15, 0.2) is 42.5 Å². The maximum atomic E-state index is 11.7. The van der Waals surface area contributed by atoms with E-state index in [-0.39, 0.29) is 17.4 Å². The van der Waals surface area contributed by atoms with Crippen molar-refractivity contribution in [3.63, 3.8) is 0 Å². The lowest BCUT2D eigenvalue weighted by Gasteiger charge is -2.38. The van der Waals surface area contributed by atoms with E-state index in [9.17, 15) is 4.79 Å². The maximum absolute atomic E-state index is 11.7. The van der Waals surface area contributed by atoms with E-state index in [4.69, 9.17) is 4.74 Å². The Bertz CT molecular complexity index is 722. The summed E-state index contributed by atoms with van der Waals surface area (Å²) in [6.45, 7) is 1.98. The highest BCUT2D eigenvalue weighted by atomic mass is 16.5. The second-order valence-corrected chi connectivity index (χ2v) is 6.84. The standard InChI is InChI=1S/C20H23NO2/c1-23-19(22)16-9-13-21(14-10-16)20(11-12-20)18-8-4-6-15-5-2-3-7-17(15)18/h2-8,16H,9-14H2,1H3. The average molecular weight is 309 g/mol. The smallest absolute Gasteiger partial charge is 0.308 e. The third kappa shape index (κ3) is 2.43. The van der Waals surface area contributed by atoms with Crippen LogP contribution in [0.4, 0.5) is 0 Å². The molecule has 2 aliphatic rings. The molecule has 2 fully saturated rings. The van der Waals surface area contributed by atoms with Gasteiger partial charge in [0.15, 0.2) is 0 Å². The molecule has 0 atom stereocenters. The number of methoxy groups -OCH3 is 1. The summed E-state index contributed by atoms with van der Waals surface area (Å²) in [7, 11) is 1.49. The van der Waals surface area contributed by atoms with Gasteiger partial charge in [-0.25, -0.2) is 0 Å². The van der Waals surface area contributed by atoms with E-state index in [1.165, 1.54) is 36.3 Å². The number of fused-ring (bicyclic) bond motifs is 1. The first-order valence-corrected chi connectivity index (χ1v) is 8.56. The minimum absolute atomic E-state index is 0.0420. The van der Waals surface area contributed by atoms with Gasteiger partial charge in [0.25, 0.3) is 0 Å². The van der Waals surface area contributed by atoms with Crippen molar-refractivity contribution < 1.29 is 9.53 Å². The van der Waals surface area contributed by atoms with Crippen LogP contribution in [0.1, 0.15) is 31.2 Å². The molecule has 0 spiro atoms. The molecule has 0 amide bonds. The van der Waals surface area contributed by atoms with E-state index in [1.807, 2.05) is 0 Å². The van der Waals surface area contributed by atoms with Crippen LogP contribution in [0.25, 0.3) is 10.8 Å². The Kier molecular flexibility index (Phi) is 3.61. The van der Waals surface area contributed by atoms with E-state index < -0.39 is 0 Å². The van der Waals surface area contributed by atoms with E-state index in [2.05, 4.69) is 47.4 Å². The summed E-state index contributed by atoms with van der Waals surface area (Å²) in [6, 6.07) is 15.3. The van der Waals surface area contributed by atoms with Gasteiger partial charge in [0.1, 0.15) is 0 Å². The SMILES string of the molecule is COC(=O)C1CCN(C2(c3cccc4ccccc34)CC2)CC1. The summed E-state index contributed by atoms with van der Waals surface area (Å²) < 4.78 is 4.91. The quantitative estimate of drug-likeness (QED) is 0.809. The van der Waals surface area contributed by atoms with Gasteiger partial charge in [-0.3, -0.25) is 9.69 Å². The van der Waals surface area contributed by atoms with Crippen LogP contribution < -0.4 is 0 Å². The zero-order chi connectivity index (χ0) is 15.9. The Morgan fingerprint density at radius 2 is 1.78 bits per heavy atom. The molecule has 2 aromatic rings. The van der Waals surface area contributed by atoms with Gasteiger partial charge in [-0.2, -0.15) is 0 Å². The molecular formula is C20H23NO2. The number of hydrogen-bond acceptors (Lipinski definition) is 3. The minimum Gasteiger partial charge on any atom is -0.469 e. The molecule has 2 aromatic carbocycles. The van der Waals surface area contributed by atoms with Crippen LogP contribution >= 0.6 is 0 Å². The molecule has 1 aliphatic heterocycles. The van der Waals surface area contributed by atoms with Crippen LogP contribution in [0.5, 0.6) is 0 Å². The van der Waals surface area contributed by atoms with Crippen molar-refractivity contribution in [2.24, 2.45) is 5.92 Å². The van der Waals surface area contributed by atoms with Gasteiger partial charge in [0.05, 0.1) is 13.0 Å². The van der Waals surface area contributed by atoms with Crippen LogP contribution in [0.2, 0.25) is 0 Å². The molecule has 0 aromatic heterocycles. The third-order valence-corrected chi connectivity index (χ3v) is 5.65. The molecule has 3 nitrogen and oxygen atoms in total. The normalized spacial score (nSPS) is 21.3. The van der Waals surface area contributed by atoms with Gasteiger partial charge in [-0.05, 0) is 55.1 Å². The first kappa shape index (κ1) is 14.7. The number of rotatable bonds is 3. The highest BCUT2D eigenvalue weighted by molar-refractivity contribution is 5.87. The van der Waals surface area contributed by atoms with E-state index >= 15 is 0 Å². The number of piperidine rings is 1. The zero-order valence-electron chi connectivity index (χ0n) is 13.6. The number of carbonyl (C=O) groups excluding carboxylic acids is 1. The monoisotopic (exact) mass is 309 g/mol. The van der Waals surface area contributed by atoms with Gasteiger partial charge < -0.3 is 4.74 Å². The predicted molar refractivity (Wildman–Crippen MR) is 91.2 cm³/mol.